The van der Waals surface area contributed by atoms with E-state index >= 15 is 0 Å². The highest BCUT2D eigenvalue weighted by molar-refractivity contribution is 6.30. The molecule has 0 N–H and O–H groups in total. The van der Waals surface area contributed by atoms with Gasteiger partial charge in [0.1, 0.15) is 5.82 Å². The van der Waals surface area contributed by atoms with Gasteiger partial charge in [0.15, 0.2) is 5.76 Å². The average Bonchev–Trinajstić information content (AvgIpc) is 3.72. The van der Waals surface area contributed by atoms with Crippen molar-refractivity contribution in [1.29, 1.82) is 0 Å². The fourth-order valence-corrected chi connectivity index (χ4v) is 5.47. The van der Waals surface area contributed by atoms with Crippen molar-refractivity contribution in [1.82, 2.24) is 10.1 Å². The SMILES string of the molecule is CCOC(=O)C1(c2ccc(-c3ccc(-c4onc(C)c4Cc4cccc(-c5cc(F)cc(Cl)c5)n4)cc3)cc2)CC1. The molecule has 0 amide bonds. The van der Waals surface area contributed by atoms with E-state index < -0.39 is 11.2 Å². The van der Waals surface area contributed by atoms with E-state index in [-0.39, 0.29) is 5.97 Å². The Bertz CT molecular complexity index is 1700. The second-order valence-corrected chi connectivity index (χ2v) is 10.8. The molecule has 206 valence electrons. The van der Waals surface area contributed by atoms with Crippen molar-refractivity contribution in [2.45, 2.75) is 38.5 Å². The van der Waals surface area contributed by atoms with Gasteiger partial charge in [-0.25, -0.2) is 4.39 Å². The van der Waals surface area contributed by atoms with Gasteiger partial charge < -0.3 is 9.26 Å². The molecular weight excluding hydrogens is 539 g/mol. The normalized spacial score (nSPS) is 13.7. The van der Waals surface area contributed by atoms with Crippen molar-refractivity contribution in [3.05, 3.63) is 118 Å². The first-order chi connectivity index (χ1) is 19.9. The highest BCUT2D eigenvalue weighted by atomic mass is 35.5. The van der Waals surface area contributed by atoms with Crippen LogP contribution in [0.4, 0.5) is 4.39 Å². The van der Waals surface area contributed by atoms with Crippen LogP contribution in [0.25, 0.3) is 33.7 Å². The quantitative estimate of drug-likeness (QED) is 0.177. The predicted molar refractivity (Wildman–Crippen MR) is 157 cm³/mol. The number of carbonyl (C=O) groups is 1. The molecule has 0 atom stereocenters. The van der Waals surface area contributed by atoms with Crippen molar-refractivity contribution in [2.24, 2.45) is 0 Å². The van der Waals surface area contributed by atoms with Gasteiger partial charge >= 0.3 is 5.97 Å². The molecule has 0 saturated heterocycles. The highest BCUT2D eigenvalue weighted by Gasteiger charge is 2.52. The van der Waals surface area contributed by atoms with Crippen LogP contribution in [0.3, 0.4) is 0 Å². The minimum atomic E-state index is -0.475. The zero-order chi connectivity index (χ0) is 28.6. The second kappa shape index (κ2) is 10.9. The largest absolute Gasteiger partial charge is 0.465 e. The smallest absolute Gasteiger partial charge is 0.316 e. The summed E-state index contributed by atoms with van der Waals surface area (Å²) in [4.78, 5) is 17.2. The monoisotopic (exact) mass is 566 g/mol. The van der Waals surface area contributed by atoms with Crippen LogP contribution in [-0.2, 0) is 21.4 Å². The van der Waals surface area contributed by atoms with Gasteiger partial charge in [-0.15, -0.1) is 0 Å². The first-order valence-corrected chi connectivity index (χ1v) is 14.0. The number of rotatable bonds is 8. The van der Waals surface area contributed by atoms with Crippen LogP contribution in [-0.4, -0.2) is 22.7 Å². The van der Waals surface area contributed by atoms with Gasteiger partial charge in [-0.3, -0.25) is 9.78 Å². The molecule has 3 aromatic carbocycles. The van der Waals surface area contributed by atoms with Crippen LogP contribution < -0.4 is 0 Å². The van der Waals surface area contributed by atoms with Gasteiger partial charge in [-0.05, 0) is 73.7 Å². The van der Waals surface area contributed by atoms with Crippen LogP contribution in [0.15, 0.2) is 89.5 Å². The summed E-state index contributed by atoms with van der Waals surface area (Å²) in [5, 5.41) is 4.56. The molecule has 1 fully saturated rings. The Balaban J connectivity index is 1.22. The van der Waals surface area contributed by atoms with E-state index in [0.29, 0.717) is 35.1 Å². The fraction of sp³-hybridized carbons (Fsp3) is 0.206. The minimum absolute atomic E-state index is 0.129. The zero-order valence-electron chi connectivity index (χ0n) is 22.8. The van der Waals surface area contributed by atoms with E-state index in [1.165, 1.54) is 12.1 Å². The van der Waals surface area contributed by atoms with Gasteiger partial charge in [-0.2, -0.15) is 0 Å². The number of aromatic nitrogens is 2. The van der Waals surface area contributed by atoms with Gasteiger partial charge in [0.05, 0.1) is 23.4 Å². The summed E-state index contributed by atoms with van der Waals surface area (Å²) >= 11 is 6.06. The number of benzene rings is 3. The average molecular weight is 567 g/mol. The summed E-state index contributed by atoms with van der Waals surface area (Å²) in [7, 11) is 0. The van der Waals surface area contributed by atoms with Crippen molar-refractivity contribution in [2.75, 3.05) is 6.61 Å². The molecule has 41 heavy (non-hydrogen) atoms. The lowest BCUT2D eigenvalue weighted by atomic mass is 9.93. The van der Waals surface area contributed by atoms with Crippen molar-refractivity contribution >= 4 is 17.6 Å². The molecule has 1 saturated carbocycles. The molecule has 5 nitrogen and oxygen atoms in total. The Morgan fingerprint density at radius 3 is 2.29 bits per heavy atom. The van der Waals surface area contributed by atoms with E-state index in [4.69, 9.17) is 25.8 Å². The summed E-state index contributed by atoms with van der Waals surface area (Å²) in [6, 6.07) is 26.4. The number of halogens is 2. The third-order valence-electron chi connectivity index (χ3n) is 7.64. The molecule has 0 aliphatic heterocycles. The van der Waals surface area contributed by atoms with Crippen LogP contribution in [0, 0.1) is 12.7 Å². The van der Waals surface area contributed by atoms with E-state index in [9.17, 15) is 9.18 Å². The molecule has 1 aliphatic carbocycles. The van der Waals surface area contributed by atoms with Crippen LogP contribution in [0.2, 0.25) is 5.02 Å². The molecule has 2 heterocycles. The molecule has 0 unspecified atom stereocenters. The maximum atomic E-state index is 13.9. The fourth-order valence-electron chi connectivity index (χ4n) is 5.25. The maximum absolute atomic E-state index is 13.9. The van der Waals surface area contributed by atoms with Gasteiger partial charge in [0.25, 0.3) is 0 Å². The van der Waals surface area contributed by atoms with Gasteiger partial charge in [0, 0.05) is 33.8 Å². The Morgan fingerprint density at radius 1 is 0.951 bits per heavy atom. The molecular formula is C34H28ClFN2O3. The molecule has 0 bridgehead atoms. The Labute approximate surface area is 243 Å². The van der Waals surface area contributed by atoms with E-state index in [0.717, 1.165) is 52.0 Å². The van der Waals surface area contributed by atoms with Crippen LogP contribution in [0.5, 0.6) is 0 Å². The number of aryl methyl sites for hydroxylation is 1. The number of esters is 1. The summed E-state index contributed by atoms with van der Waals surface area (Å²) in [5.41, 5.74) is 7.37. The summed E-state index contributed by atoms with van der Waals surface area (Å²) in [6.07, 6.45) is 2.17. The first-order valence-electron chi connectivity index (χ1n) is 13.6. The summed E-state index contributed by atoms with van der Waals surface area (Å²) in [5.74, 6) is 0.158. The molecule has 5 aromatic rings. The van der Waals surface area contributed by atoms with E-state index in [1.807, 2.05) is 56.3 Å². The highest BCUT2D eigenvalue weighted by Crippen LogP contribution is 2.49. The van der Waals surface area contributed by atoms with Gasteiger partial charge in [-0.1, -0.05) is 71.4 Å². The minimum Gasteiger partial charge on any atom is -0.465 e. The standard InChI is InChI=1S/C34H28ClFN2O3/c1-3-40-33(39)34(15-16-34)26-13-11-23(12-14-26)22-7-9-24(10-8-22)32-30(21(2)38-41-32)20-29-5-4-6-31(37-29)25-17-27(35)19-28(36)18-25/h4-14,17-19H,3,15-16,20H2,1-2H3. The molecule has 7 heteroatoms. The van der Waals surface area contributed by atoms with Crippen molar-refractivity contribution in [3.8, 4) is 33.7 Å². The molecule has 0 radical (unpaired) electrons. The topological polar surface area (TPSA) is 65.2 Å². The lowest BCUT2D eigenvalue weighted by Gasteiger charge is -2.14. The number of nitrogens with zero attached hydrogens (tertiary/aromatic N) is 2. The lowest BCUT2D eigenvalue weighted by Crippen LogP contribution is -2.23. The summed E-state index contributed by atoms with van der Waals surface area (Å²) in [6.45, 7) is 4.14. The zero-order valence-corrected chi connectivity index (χ0v) is 23.5. The number of carbonyl (C=O) groups excluding carboxylic acids is 1. The lowest BCUT2D eigenvalue weighted by molar-refractivity contribution is -0.146. The van der Waals surface area contributed by atoms with Gasteiger partial charge in [0.2, 0.25) is 0 Å². The predicted octanol–water partition coefficient (Wildman–Crippen LogP) is 8.36. The maximum Gasteiger partial charge on any atom is 0.316 e. The van der Waals surface area contributed by atoms with Crippen LogP contribution >= 0.6 is 11.6 Å². The summed E-state index contributed by atoms with van der Waals surface area (Å²) < 4.78 is 25.0. The second-order valence-electron chi connectivity index (χ2n) is 10.4. The molecule has 0 spiro atoms. The number of pyridine rings is 1. The van der Waals surface area contributed by atoms with E-state index in [2.05, 4.69) is 29.4 Å². The molecule has 6 rings (SSSR count). The molecule has 2 aromatic heterocycles. The third kappa shape index (κ3) is 5.40. The number of ether oxygens (including phenoxy) is 1. The van der Waals surface area contributed by atoms with Crippen LogP contribution in [0.1, 0.15) is 42.3 Å². The van der Waals surface area contributed by atoms with E-state index in [1.54, 1.807) is 6.07 Å². The van der Waals surface area contributed by atoms with Crippen molar-refractivity contribution in [3.63, 3.8) is 0 Å². The van der Waals surface area contributed by atoms with Crippen molar-refractivity contribution < 1.29 is 18.4 Å². The number of hydrogen-bond donors (Lipinski definition) is 0. The molecule has 1 aliphatic rings. The first kappa shape index (κ1) is 26.9. The number of hydrogen-bond acceptors (Lipinski definition) is 5. The third-order valence-corrected chi connectivity index (χ3v) is 7.86. The Hall–Kier alpha value is -4.29. The Morgan fingerprint density at radius 2 is 1.63 bits per heavy atom. The Kier molecular flexibility index (Phi) is 7.18.